The van der Waals surface area contributed by atoms with Crippen molar-refractivity contribution in [1.82, 2.24) is 5.32 Å². The van der Waals surface area contributed by atoms with Gasteiger partial charge in [-0.05, 0) is 19.4 Å². The van der Waals surface area contributed by atoms with Gasteiger partial charge in [0.1, 0.15) is 6.54 Å². The summed E-state index contributed by atoms with van der Waals surface area (Å²) in [7, 11) is 0. The van der Waals surface area contributed by atoms with Crippen LogP contribution in [0.15, 0.2) is 11.4 Å². The first-order valence-corrected chi connectivity index (χ1v) is 3.07. The highest BCUT2D eigenvalue weighted by atomic mass is 19.1. The standard InChI is InChI=1S/C7H9FN2O/c1-5(2)6(8)7(11)10-4-3-9/h4H2,1-2H3,(H,10,11). The third kappa shape index (κ3) is 3.36. The Labute approximate surface area is 64.5 Å². The van der Waals surface area contributed by atoms with Crippen LogP contribution in [0.4, 0.5) is 4.39 Å². The molecule has 4 heteroatoms. The Bertz CT molecular complexity index is 223. The minimum absolute atomic E-state index is 0.167. The van der Waals surface area contributed by atoms with Crippen LogP contribution in [0.25, 0.3) is 0 Å². The molecule has 0 aliphatic heterocycles. The Morgan fingerprint density at radius 1 is 1.64 bits per heavy atom. The zero-order valence-corrected chi connectivity index (χ0v) is 6.44. The molecule has 0 aromatic carbocycles. The summed E-state index contributed by atoms with van der Waals surface area (Å²) in [6, 6.07) is 1.67. The van der Waals surface area contributed by atoms with E-state index in [9.17, 15) is 9.18 Å². The highest BCUT2D eigenvalue weighted by molar-refractivity contribution is 5.91. The summed E-state index contributed by atoms with van der Waals surface area (Å²) in [6.45, 7) is 2.81. The molecule has 0 saturated heterocycles. The molecule has 3 nitrogen and oxygen atoms in total. The van der Waals surface area contributed by atoms with Gasteiger partial charge in [-0.2, -0.15) is 5.26 Å². The van der Waals surface area contributed by atoms with Crippen LogP contribution >= 0.6 is 0 Å². The number of nitriles is 1. The number of rotatable bonds is 2. The van der Waals surface area contributed by atoms with Gasteiger partial charge in [0.05, 0.1) is 6.07 Å². The molecule has 0 spiro atoms. The van der Waals surface area contributed by atoms with Crippen molar-refractivity contribution in [3.05, 3.63) is 11.4 Å². The van der Waals surface area contributed by atoms with Crippen LogP contribution < -0.4 is 5.32 Å². The number of allylic oxidation sites excluding steroid dienone is 1. The number of amides is 1. The largest absolute Gasteiger partial charge is 0.337 e. The summed E-state index contributed by atoms with van der Waals surface area (Å²) < 4.78 is 12.6. The Kier molecular flexibility index (Phi) is 3.89. The van der Waals surface area contributed by atoms with Crippen LogP contribution in [-0.4, -0.2) is 12.5 Å². The predicted octanol–water partition coefficient (Wildman–Crippen LogP) is 0.890. The molecule has 0 aliphatic carbocycles. The van der Waals surface area contributed by atoms with Gasteiger partial charge in [0.25, 0.3) is 5.91 Å². The lowest BCUT2D eigenvalue weighted by Gasteiger charge is -1.97. The van der Waals surface area contributed by atoms with Gasteiger partial charge in [-0.1, -0.05) is 0 Å². The fourth-order valence-electron chi connectivity index (χ4n) is 0.424. The predicted molar refractivity (Wildman–Crippen MR) is 38.1 cm³/mol. The van der Waals surface area contributed by atoms with E-state index in [1.54, 1.807) is 6.07 Å². The highest BCUT2D eigenvalue weighted by Crippen LogP contribution is 2.03. The number of carbonyl (C=O) groups excluding carboxylic acids is 1. The summed E-state index contributed by atoms with van der Waals surface area (Å²) in [5, 5.41) is 10.1. The quantitative estimate of drug-likeness (QED) is 0.476. The van der Waals surface area contributed by atoms with Crippen molar-refractivity contribution < 1.29 is 9.18 Å². The van der Waals surface area contributed by atoms with Crippen LogP contribution in [-0.2, 0) is 4.79 Å². The van der Waals surface area contributed by atoms with E-state index >= 15 is 0 Å². The molecule has 0 fully saturated rings. The van der Waals surface area contributed by atoms with Crippen molar-refractivity contribution in [2.24, 2.45) is 0 Å². The maximum Gasteiger partial charge on any atom is 0.280 e. The van der Waals surface area contributed by atoms with Crippen LogP contribution in [0.5, 0.6) is 0 Å². The van der Waals surface area contributed by atoms with Gasteiger partial charge in [0, 0.05) is 0 Å². The van der Waals surface area contributed by atoms with Gasteiger partial charge >= 0.3 is 0 Å². The molecule has 0 saturated carbocycles. The van der Waals surface area contributed by atoms with Crippen LogP contribution in [0.3, 0.4) is 0 Å². The van der Waals surface area contributed by atoms with Crippen molar-refractivity contribution in [2.75, 3.05) is 6.54 Å². The van der Waals surface area contributed by atoms with Gasteiger partial charge < -0.3 is 5.32 Å². The first-order valence-electron chi connectivity index (χ1n) is 3.07. The van der Waals surface area contributed by atoms with Crippen LogP contribution in [0.1, 0.15) is 13.8 Å². The molecular weight excluding hydrogens is 147 g/mol. The van der Waals surface area contributed by atoms with Crippen molar-refractivity contribution in [2.45, 2.75) is 13.8 Å². The average Bonchev–Trinajstić information content (AvgIpc) is 1.98. The second-order valence-corrected chi connectivity index (χ2v) is 2.15. The average molecular weight is 156 g/mol. The van der Waals surface area contributed by atoms with Crippen molar-refractivity contribution in [3.8, 4) is 6.07 Å². The maximum atomic E-state index is 12.6. The molecule has 0 unspecified atom stereocenters. The minimum Gasteiger partial charge on any atom is -0.337 e. The SMILES string of the molecule is CC(C)=C(F)C(=O)NCC#N. The number of halogens is 1. The van der Waals surface area contributed by atoms with E-state index < -0.39 is 11.7 Å². The first kappa shape index (κ1) is 9.63. The lowest BCUT2D eigenvalue weighted by atomic mass is 10.3. The third-order valence-electron chi connectivity index (χ3n) is 0.966. The van der Waals surface area contributed by atoms with Crippen molar-refractivity contribution in [3.63, 3.8) is 0 Å². The summed E-state index contributed by atoms with van der Waals surface area (Å²) in [6.07, 6.45) is 0. The molecule has 0 aliphatic rings. The first-order chi connectivity index (χ1) is 5.09. The van der Waals surface area contributed by atoms with Gasteiger partial charge in [-0.25, -0.2) is 4.39 Å². The Morgan fingerprint density at radius 3 is 2.55 bits per heavy atom. The lowest BCUT2D eigenvalue weighted by molar-refractivity contribution is -0.118. The monoisotopic (exact) mass is 156 g/mol. The zero-order chi connectivity index (χ0) is 8.85. The minimum atomic E-state index is -0.827. The van der Waals surface area contributed by atoms with E-state index in [-0.39, 0.29) is 6.54 Å². The normalized spacial score (nSPS) is 8.18. The molecule has 0 heterocycles. The van der Waals surface area contributed by atoms with Crippen molar-refractivity contribution in [1.29, 1.82) is 5.26 Å². The summed E-state index contributed by atoms with van der Waals surface area (Å²) in [4.78, 5) is 10.6. The van der Waals surface area contributed by atoms with E-state index in [0.29, 0.717) is 5.57 Å². The second kappa shape index (κ2) is 4.45. The van der Waals surface area contributed by atoms with E-state index in [1.165, 1.54) is 13.8 Å². The molecular formula is C7H9FN2O. The Morgan fingerprint density at radius 2 is 2.18 bits per heavy atom. The van der Waals surface area contributed by atoms with E-state index in [1.807, 2.05) is 0 Å². The summed E-state index contributed by atoms with van der Waals surface area (Å²) in [5.41, 5.74) is 0.306. The highest BCUT2D eigenvalue weighted by Gasteiger charge is 2.07. The molecule has 0 aromatic heterocycles. The number of hydrogen-bond acceptors (Lipinski definition) is 2. The van der Waals surface area contributed by atoms with Gasteiger partial charge in [0.2, 0.25) is 0 Å². The van der Waals surface area contributed by atoms with Crippen LogP contribution in [0, 0.1) is 11.3 Å². The summed E-state index contributed by atoms with van der Waals surface area (Å²) in [5.74, 6) is -1.65. The number of nitrogens with zero attached hydrogens (tertiary/aromatic N) is 1. The molecule has 11 heavy (non-hydrogen) atoms. The molecule has 0 rings (SSSR count). The molecule has 0 atom stereocenters. The zero-order valence-electron chi connectivity index (χ0n) is 6.44. The van der Waals surface area contributed by atoms with E-state index in [4.69, 9.17) is 5.26 Å². The van der Waals surface area contributed by atoms with E-state index in [0.717, 1.165) is 0 Å². The molecule has 60 valence electrons. The fourth-order valence-corrected chi connectivity index (χ4v) is 0.424. The van der Waals surface area contributed by atoms with E-state index in [2.05, 4.69) is 5.32 Å². The topological polar surface area (TPSA) is 52.9 Å². The number of hydrogen-bond donors (Lipinski definition) is 1. The molecule has 0 aromatic rings. The summed E-state index contributed by atoms with van der Waals surface area (Å²) >= 11 is 0. The van der Waals surface area contributed by atoms with Gasteiger partial charge in [-0.3, -0.25) is 4.79 Å². The van der Waals surface area contributed by atoms with Gasteiger partial charge in [-0.15, -0.1) is 0 Å². The lowest BCUT2D eigenvalue weighted by Crippen LogP contribution is -2.24. The second-order valence-electron chi connectivity index (χ2n) is 2.15. The van der Waals surface area contributed by atoms with Crippen LogP contribution in [0.2, 0.25) is 0 Å². The van der Waals surface area contributed by atoms with Crippen molar-refractivity contribution >= 4 is 5.91 Å². The number of carbonyl (C=O) groups is 1. The van der Waals surface area contributed by atoms with Gasteiger partial charge in [0.15, 0.2) is 5.83 Å². The maximum absolute atomic E-state index is 12.6. The molecule has 0 radical (unpaired) electrons. The molecule has 1 amide bonds. The number of nitrogens with one attached hydrogen (secondary N) is 1. The Hall–Kier alpha value is -1.37. The smallest absolute Gasteiger partial charge is 0.280 e. The fraction of sp³-hybridized carbons (Fsp3) is 0.429. The third-order valence-corrected chi connectivity index (χ3v) is 0.966. The molecule has 1 N–H and O–H groups in total. The molecule has 0 bridgehead atoms. The Balaban J connectivity index is 4.08.